The van der Waals surface area contributed by atoms with Crippen LogP contribution in [0.2, 0.25) is 0 Å². The molecule has 0 saturated heterocycles. The van der Waals surface area contributed by atoms with Gasteiger partial charge in [0.25, 0.3) is 0 Å². The maximum absolute atomic E-state index is 12.4. The quantitative estimate of drug-likeness (QED) is 0.736. The molecular formula is C15H11BrO3. The van der Waals surface area contributed by atoms with Gasteiger partial charge in [0, 0.05) is 15.6 Å². The van der Waals surface area contributed by atoms with Gasteiger partial charge < -0.3 is 4.74 Å². The fourth-order valence-electron chi connectivity index (χ4n) is 2.23. The summed E-state index contributed by atoms with van der Waals surface area (Å²) in [6.07, 6.45) is 3.48. The molecule has 1 heterocycles. The molecule has 0 unspecified atom stereocenters. The first-order chi connectivity index (χ1) is 8.89. The monoisotopic (exact) mass is 318 g/mol. The fraction of sp³-hybridized carbons (Fsp3) is 0.200. The topological polar surface area (TPSA) is 43.4 Å². The van der Waals surface area contributed by atoms with E-state index in [-0.39, 0.29) is 17.3 Å². The average molecular weight is 319 g/mol. The van der Waals surface area contributed by atoms with Gasteiger partial charge in [-0.05, 0) is 44.2 Å². The molecule has 0 N–H and O–H groups in total. The molecule has 2 aliphatic rings. The van der Waals surface area contributed by atoms with E-state index in [0.29, 0.717) is 16.7 Å². The second-order valence-electron chi connectivity index (χ2n) is 5.13. The third-order valence-electron chi connectivity index (χ3n) is 3.18. The summed E-state index contributed by atoms with van der Waals surface area (Å²) in [6, 6.07) is 5.08. The van der Waals surface area contributed by atoms with Crippen LogP contribution >= 0.6 is 15.9 Å². The number of carbonyl (C=O) groups is 2. The van der Waals surface area contributed by atoms with E-state index in [0.717, 1.165) is 4.47 Å². The number of hydrogen-bond acceptors (Lipinski definition) is 3. The zero-order valence-corrected chi connectivity index (χ0v) is 12.1. The van der Waals surface area contributed by atoms with Gasteiger partial charge in [0.05, 0.1) is 5.57 Å². The predicted octanol–water partition coefficient (Wildman–Crippen LogP) is 3.45. The Balaban J connectivity index is 2.20. The second kappa shape index (κ2) is 3.90. The maximum atomic E-state index is 12.4. The molecule has 0 amide bonds. The minimum absolute atomic E-state index is 0.156. The molecular weight excluding hydrogens is 308 g/mol. The molecule has 96 valence electrons. The van der Waals surface area contributed by atoms with Crippen LogP contribution in [0.1, 0.15) is 34.6 Å². The lowest BCUT2D eigenvalue weighted by atomic mass is 9.86. The van der Waals surface area contributed by atoms with Gasteiger partial charge in [-0.25, -0.2) is 0 Å². The summed E-state index contributed by atoms with van der Waals surface area (Å²) in [5, 5.41) is 0. The number of ketones is 2. The van der Waals surface area contributed by atoms with Crippen LogP contribution in [0.5, 0.6) is 0 Å². The molecule has 0 saturated carbocycles. The minimum Gasteiger partial charge on any atom is -0.479 e. The van der Waals surface area contributed by atoms with E-state index in [1.807, 2.05) is 13.8 Å². The van der Waals surface area contributed by atoms with E-state index in [1.54, 1.807) is 30.4 Å². The lowest BCUT2D eigenvalue weighted by Crippen LogP contribution is -2.32. The largest absolute Gasteiger partial charge is 0.479 e. The maximum Gasteiger partial charge on any atom is 0.229 e. The van der Waals surface area contributed by atoms with Crippen molar-refractivity contribution >= 4 is 27.5 Å². The zero-order valence-electron chi connectivity index (χ0n) is 10.5. The van der Waals surface area contributed by atoms with Crippen LogP contribution < -0.4 is 0 Å². The van der Waals surface area contributed by atoms with Crippen LogP contribution in [-0.2, 0) is 4.74 Å². The molecule has 4 heteroatoms. The van der Waals surface area contributed by atoms with Crippen molar-refractivity contribution in [2.75, 3.05) is 0 Å². The van der Waals surface area contributed by atoms with Crippen molar-refractivity contribution in [2.24, 2.45) is 0 Å². The fourth-order valence-corrected chi connectivity index (χ4v) is 2.59. The Morgan fingerprint density at radius 1 is 1.11 bits per heavy atom. The number of ether oxygens (including phenoxy) is 1. The van der Waals surface area contributed by atoms with Gasteiger partial charge in [-0.15, -0.1) is 0 Å². The summed E-state index contributed by atoms with van der Waals surface area (Å²) in [5.41, 5.74) is 0.599. The van der Waals surface area contributed by atoms with Crippen molar-refractivity contribution in [2.45, 2.75) is 19.4 Å². The van der Waals surface area contributed by atoms with Crippen molar-refractivity contribution in [3.63, 3.8) is 0 Å². The molecule has 0 atom stereocenters. The van der Waals surface area contributed by atoms with Crippen LogP contribution in [0.3, 0.4) is 0 Å². The highest BCUT2D eigenvalue weighted by Crippen LogP contribution is 2.35. The molecule has 1 aliphatic carbocycles. The highest BCUT2D eigenvalue weighted by molar-refractivity contribution is 9.10. The Labute approximate surface area is 119 Å². The molecule has 0 aromatic heterocycles. The summed E-state index contributed by atoms with van der Waals surface area (Å²) in [5.74, 6) is -0.240. The normalized spacial score (nSPS) is 19.9. The lowest BCUT2D eigenvalue weighted by molar-refractivity contribution is 0.0544. The number of rotatable bonds is 0. The Bertz CT molecular complexity index is 681. The van der Waals surface area contributed by atoms with Crippen LogP contribution in [-0.4, -0.2) is 17.2 Å². The number of halogens is 1. The van der Waals surface area contributed by atoms with Gasteiger partial charge >= 0.3 is 0 Å². The molecule has 0 radical (unpaired) electrons. The van der Waals surface area contributed by atoms with E-state index in [4.69, 9.17) is 4.74 Å². The van der Waals surface area contributed by atoms with E-state index in [9.17, 15) is 9.59 Å². The van der Waals surface area contributed by atoms with Crippen molar-refractivity contribution in [3.05, 3.63) is 57.3 Å². The van der Waals surface area contributed by atoms with Crippen LogP contribution in [0, 0.1) is 0 Å². The lowest BCUT2D eigenvalue weighted by Gasteiger charge is -2.31. The first kappa shape index (κ1) is 12.4. The van der Waals surface area contributed by atoms with E-state index in [2.05, 4.69) is 15.9 Å². The van der Waals surface area contributed by atoms with Crippen LogP contribution in [0.15, 0.2) is 46.2 Å². The summed E-state index contributed by atoms with van der Waals surface area (Å²) >= 11 is 3.31. The third-order valence-corrected chi connectivity index (χ3v) is 3.68. The van der Waals surface area contributed by atoms with E-state index < -0.39 is 5.60 Å². The number of Topliss-reactive ketones (excluding diaryl/α,β-unsaturated/α-hetero) is 2. The highest BCUT2D eigenvalue weighted by Gasteiger charge is 2.37. The second-order valence-corrected chi connectivity index (χ2v) is 6.05. The summed E-state index contributed by atoms with van der Waals surface area (Å²) in [4.78, 5) is 24.8. The number of carbonyl (C=O) groups excluding carboxylic acids is 2. The van der Waals surface area contributed by atoms with Crippen LogP contribution in [0.4, 0.5) is 0 Å². The number of benzene rings is 1. The Kier molecular flexibility index (Phi) is 2.54. The average Bonchev–Trinajstić information content (AvgIpc) is 2.35. The third kappa shape index (κ3) is 1.87. The summed E-state index contributed by atoms with van der Waals surface area (Å²) < 4.78 is 6.43. The molecule has 1 aromatic rings. The Morgan fingerprint density at radius 2 is 1.84 bits per heavy atom. The van der Waals surface area contributed by atoms with E-state index >= 15 is 0 Å². The number of hydrogen-bond donors (Lipinski definition) is 0. The highest BCUT2D eigenvalue weighted by atomic mass is 79.9. The van der Waals surface area contributed by atoms with Gasteiger partial charge in [0.15, 0.2) is 11.5 Å². The van der Waals surface area contributed by atoms with Gasteiger partial charge in [-0.1, -0.05) is 15.9 Å². The smallest absolute Gasteiger partial charge is 0.229 e. The van der Waals surface area contributed by atoms with Crippen molar-refractivity contribution in [1.82, 2.24) is 0 Å². The molecule has 19 heavy (non-hydrogen) atoms. The molecule has 0 spiro atoms. The number of allylic oxidation sites excluding steroid dienone is 3. The Morgan fingerprint density at radius 3 is 2.58 bits per heavy atom. The molecule has 1 aromatic carbocycles. The predicted molar refractivity (Wildman–Crippen MR) is 74.1 cm³/mol. The minimum atomic E-state index is -0.571. The summed E-state index contributed by atoms with van der Waals surface area (Å²) in [7, 11) is 0. The molecule has 1 aliphatic heterocycles. The molecule has 3 rings (SSSR count). The van der Waals surface area contributed by atoms with Gasteiger partial charge in [0.2, 0.25) is 5.78 Å². The van der Waals surface area contributed by atoms with Crippen molar-refractivity contribution in [3.8, 4) is 0 Å². The standard InChI is InChI=1S/C15H11BrO3/c1-15(2)6-5-10-12(17)9-4-3-8(16)7-11(9)13(18)14(10)19-15/h3-7H,1-2H3. The van der Waals surface area contributed by atoms with Gasteiger partial charge in [0.1, 0.15) is 5.60 Å². The number of fused-ring (bicyclic) bond motifs is 1. The van der Waals surface area contributed by atoms with E-state index in [1.165, 1.54) is 0 Å². The molecule has 0 fully saturated rings. The first-order valence-corrected chi connectivity index (χ1v) is 6.70. The summed E-state index contributed by atoms with van der Waals surface area (Å²) in [6.45, 7) is 3.70. The SMILES string of the molecule is CC1(C)C=CC2=C(O1)C(=O)c1cc(Br)ccc1C2=O. The molecule has 3 nitrogen and oxygen atoms in total. The van der Waals surface area contributed by atoms with Crippen LogP contribution in [0.25, 0.3) is 0 Å². The van der Waals surface area contributed by atoms with Gasteiger partial charge in [-0.2, -0.15) is 0 Å². The molecule has 0 bridgehead atoms. The Hall–Kier alpha value is -1.68. The zero-order chi connectivity index (χ0) is 13.8. The van der Waals surface area contributed by atoms with Gasteiger partial charge in [-0.3, -0.25) is 9.59 Å². The van der Waals surface area contributed by atoms with Crippen molar-refractivity contribution < 1.29 is 14.3 Å². The first-order valence-electron chi connectivity index (χ1n) is 5.90. The van der Waals surface area contributed by atoms with Crippen molar-refractivity contribution in [1.29, 1.82) is 0 Å².